The van der Waals surface area contributed by atoms with E-state index in [4.69, 9.17) is 9.47 Å². The van der Waals surface area contributed by atoms with Gasteiger partial charge in [0.25, 0.3) is 5.69 Å². The Bertz CT molecular complexity index is 891. The Balaban J connectivity index is 1.97. The van der Waals surface area contributed by atoms with Crippen LogP contribution in [0.2, 0.25) is 0 Å². The monoisotopic (exact) mass is 395 g/mol. The van der Waals surface area contributed by atoms with E-state index in [1.54, 1.807) is 0 Å². The number of benzene rings is 2. The van der Waals surface area contributed by atoms with Crippen molar-refractivity contribution in [1.82, 2.24) is 0 Å². The second kappa shape index (κ2) is 7.59. The summed E-state index contributed by atoms with van der Waals surface area (Å²) in [4.78, 5) is 23.3. The Hall–Kier alpha value is -2.94. The average molecular weight is 395 g/mol. The third kappa shape index (κ3) is 3.99. The fourth-order valence-electron chi connectivity index (χ4n) is 3.19. The highest BCUT2D eigenvalue weighted by molar-refractivity contribution is 5.85. The van der Waals surface area contributed by atoms with Gasteiger partial charge in [-0.25, -0.2) is 0 Å². The van der Waals surface area contributed by atoms with Crippen LogP contribution in [0.1, 0.15) is 24.0 Å². The molecule has 1 fully saturated rings. The molecule has 0 saturated carbocycles. The minimum absolute atomic E-state index is 0.0444. The predicted octanol–water partition coefficient (Wildman–Crippen LogP) is 4.27. The van der Waals surface area contributed by atoms with Gasteiger partial charge in [-0.3, -0.25) is 14.9 Å². The summed E-state index contributed by atoms with van der Waals surface area (Å²) in [5.74, 6) is -0.812. The number of rotatable bonds is 4. The van der Waals surface area contributed by atoms with E-state index in [-0.39, 0.29) is 43.1 Å². The molecule has 1 aliphatic rings. The molecule has 0 N–H and O–H groups in total. The highest BCUT2D eigenvalue weighted by Gasteiger charge is 2.44. The van der Waals surface area contributed by atoms with Gasteiger partial charge in [0.1, 0.15) is 5.75 Å². The molecule has 0 aliphatic carbocycles. The third-order valence-electron chi connectivity index (χ3n) is 4.72. The fourth-order valence-corrected chi connectivity index (χ4v) is 3.19. The molecule has 0 bridgehead atoms. The number of hydrogen-bond acceptors (Lipinski definition) is 5. The van der Waals surface area contributed by atoms with Gasteiger partial charge in [0, 0.05) is 19.3 Å². The molecule has 148 valence electrons. The van der Waals surface area contributed by atoms with Crippen molar-refractivity contribution >= 4 is 11.7 Å². The van der Waals surface area contributed by atoms with Crippen molar-refractivity contribution in [2.24, 2.45) is 0 Å². The lowest BCUT2D eigenvalue weighted by atomic mass is 9.73. The summed E-state index contributed by atoms with van der Waals surface area (Å²) in [6.07, 6.45) is -4.27. The van der Waals surface area contributed by atoms with Crippen LogP contribution in [0.3, 0.4) is 0 Å². The zero-order valence-corrected chi connectivity index (χ0v) is 14.6. The lowest BCUT2D eigenvalue weighted by Crippen LogP contribution is -2.44. The zero-order chi connectivity index (χ0) is 20.4. The molecule has 0 unspecified atom stereocenters. The summed E-state index contributed by atoms with van der Waals surface area (Å²) in [6, 6.07) is 9.66. The Morgan fingerprint density at radius 3 is 2.43 bits per heavy atom. The third-order valence-corrected chi connectivity index (χ3v) is 4.72. The van der Waals surface area contributed by atoms with E-state index in [0.29, 0.717) is 0 Å². The van der Waals surface area contributed by atoms with Crippen molar-refractivity contribution in [3.63, 3.8) is 0 Å². The first kappa shape index (κ1) is 19.8. The Morgan fingerprint density at radius 1 is 1.11 bits per heavy atom. The topological polar surface area (TPSA) is 78.7 Å². The summed E-state index contributed by atoms with van der Waals surface area (Å²) in [5, 5.41) is 10.9. The van der Waals surface area contributed by atoms with E-state index in [9.17, 15) is 28.1 Å². The maximum absolute atomic E-state index is 13.1. The number of esters is 1. The Morgan fingerprint density at radius 2 is 1.79 bits per heavy atom. The van der Waals surface area contributed by atoms with Crippen molar-refractivity contribution in [1.29, 1.82) is 0 Å². The van der Waals surface area contributed by atoms with Crippen molar-refractivity contribution < 1.29 is 32.4 Å². The van der Waals surface area contributed by atoms with Crippen molar-refractivity contribution in [3.05, 3.63) is 69.8 Å². The van der Waals surface area contributed by atoms with Crippen LogP contribution in [-0.2, 0) is 21.1 Å². The van der Waals surface area contributed by atoms with Gasteiger partial charge in [-0.05, 0) is 30.5 Å². The molecule has 2 aromatic carbocycles. The maximum atomic E-state index is 13.1. The second-order valence-corrected chi connectivity index (χ2v) is 6.42. The molecule has 3 rings (SSSR count). The van der Waals surface area contributed by atoms with Gasteiger partial charge in [0.2, 0.25) is 0 Å². The van der Waals surface area contributed by atoms with Crippen LogP contribution in [0.5, 0.6) is 5.75 Å². The van der Waals surface area contributed by atoms with E-state index >= 15 is 0 Å². The van der Waals surface area contributed by atoms with E-state index in [1.165, 1.54) is 30.3 Å². The molecule has 6 nitrogen and oxygen atoms in total. The molecular formula is C19H16F3NO5. The summed E-state index contributed by atoms with van der Waals surface area (Å²) < 4.78 is 50.0. The number of alkyl halides is 3. The molecule has 0 aromatic heterocycles. The van der Waals surface area contributed by atoms with Crippen LogP contribution in [0.4, 0.5) is 18.9 Å². The zero-order valence-electron chi connectivity index (χ0n) is 14.6. The Labute approximate surface area is 158 Å². The van der Waals surface area contributed by atoms with Gasteiger partial charge >= 0.3 is 12.1 Å². The number of carbonyl (C=O) groups excluding carboxylic acids is 1. The molecule has 1 aliphatic heterocycles. The number of ether oxygens (including phenoxy) is 2. The smallest absolute Gasteiger partial charge is 0.416 e. The predicted molar refractivity (Wildman–Crippen MR) is 91.9 cm³/mol. The van der Waals surface area contributed by atoms with Gasteiger partial charge in [0.15, 0.2) is 0 Å². The van der Waals surface area contributed by atoms with Crippen molar-refractivity contribution in [3.8, 4) is 5.75 Å². The largest absolute Gasteiger partial charge is 0.426 e. The number of nitro groups is 1. The van der Waals surface area contributed by atoms with Crippen LogP contribution in [0.15, 0.2) is 48.5 Å². The summed E-state index contributed by atoms with van der Waals surface area (Å²) in [6.45, 7) is 0.362. The summed E-state index contributed by atoms with van der Waals surface area (Å²) in [7, 11) is 0. The van der Waals surface area contributed by atoms with E-state index < -0.39 is 28.0 Å². The van der Waals surface area contributed by atoms with Crippen LogP contribution < -0.4 is 4.74 Å². The van der Waals surface area contributed by atoms with E-state index in [0.717, 1.165) is 18.2 Å². The average Bonchev–Trinajstić information content (AvgIpc) is 2.68. The molecule has 0 amide bonds. The van der Waals surface area contributed by atoms with Gasteiger partial charge < -0.3 is 9.47 Å². The number of carbonyl (C=O) groups is 1. The number of nitro benzene ring substituents is 1. The first-order valence-corrected chi connectivity index (χ1v) is 8.45. The first-order valence-electron chi connectivity index (χ1n) is 8.45. The first-order chi connectivity index (χ1) is 13.2. The highest BCUT2D eigenvalue weighted by atomic mass is 19.4. The van der Waals surface area contributed by atoms with Gasteiger partial charge in [-0.2, -0.15) is 13.2 Å². The Kier molecular flexibility index (Phi) is 5.37. The molecule has 1 heterocycles. The lowest BCUT2D eigenvalue weighted by Gasteiger charge is -2.35. The van der Waals surface area contributed by atoms with Gasteiger partial charge in [-0.1, -0.05) is 24.3 Å². The molecule has 0 atom stereocenters. The molecule has 2 aromatic rings. The van der Waals surface area contributed by atoms with Gasteiger partial charge in [-0.15, -0.1) is 0 Å². The van der Waals surface area contributed by atoms with E-state index in [2.05, 4.69) is 0 Å². The summed E-state index contributed by atoms with van der Waals surface area (Å²) >= 11 is 0. The number of non-ortho nitro benzene ring substituents is 1. The molecule has 28 heavy (non-hydrogen) atoms. The van der Waals surface area contributed by atoms with Crippen molar-refractivity contribution in [2.45, 2.75) is 24.4 Å². The van der Waals surface area contributed by atoms with Crippen LogP contribution in [0.25, 0.3) is 0 Å². The van der Waals surface area contributed by atoms with Crippen LogP contribution >= 0.6 is 0 Å². The molecule has 0 radical (unpaired) electrons. The number of hydrogen-bond donors (Lipinski definition) is 0. The molecule has 9 heteroatoms. The SMILES string of the molecule is O=C(Oc1cccc([N+](=O)[O-])c1)C1(c2cccc(C(F)(F)F)c2)CCOCC1. The fraction of sp³-hybridized carbons (Fsp3) is 0.316. The summed E-state index contributed by atoms with van der Waals surface area (Å²) in [5.41, 5.74) is -2.27. The van der Waals surface area contributed by atoms with Crippen LogP contribution in [-0.4, -0.2) is 24.1 Å². The van der Waals surface area contributed by atoms with Crippen molar-refractivity contribution in [2.75, 3.05) is 13.2 Å². The minimum atomic E-state index is -4.55. The number of halogens is 3. The normalized spacial score (nSPS) is 16.4. The second-order valence-electron chi connectivity index (χ2n) is 6.42. The van der Waals surface area contributed by atoms with Crippen LogP contribution in [0, 0.1) is 10.1 Å². The molecule has 1 saturated heterocycles. The molecular weight excluding hydrogens is 379 g/mol. The number of nitrogens with zero attached hydrogens (tertiary/aromatic N) is 1. The lowest BCUT2D eigenvalue weighted by molar-refractivity contribution is -0.384. The highest BCUT2D eigenvalue weighted by Crippen LogP contribution is 2.39. The minimum Gasteiger partial charge on any atom is -0.426 e. The van der Waals surface area contributed by atoms with E-state index in [1.807, 2.05) is 0 Å². The maximum Gasteiger partial charge on any atom is 0.416 e. The van der Waals surface area contributed by atoms with Gasteiger partial charge in [0.05, 0.1) is 22.0 Å². The standard InChI is InChI=1S/C19H16F3NO5/c20-19(21,22)14-4-1-3-13(11-14)18(7-9-27-10-8-18)17(24)28-16-6-2-5-15(12-16)23(25)26/h1-6,11-12H,7-10H2. The molecule has 0 spiro atoms. The quantitative estimate of drug-likeness (QED) is 0.334.